The molecule has 150 valence electrons. The summed E-state index contributed by atoms with van der Waals surface area (Å²) in [5, 5.41) is 3.59. The Bertz CT molecular complexity index is 731. The van der Waals surface area contributed by atoms with Gasteiger partial charge in [-0.15, -0.1) is 0 Å². The first-order valence-corrected chi connectivity index (χ1v) is 11.5. The fourth-order valence-electron chi connectivity index (χ4n) is 3.74. The summed E-state index contributed by atoms with van der Waals surface area (Å²) in [6, 6.07) is 7.33. The second-order valence-corrected chi connectivity index (χ2v) is 9.73. The number of benzene rings is 1. The van der Waals surface area contributed by atoms with Crippen molar-refractivity contribution in [2.24, 2.45) is 5.92 Å². The second kappa shape index (κ2) is 9.37. The van der Waals surface area contributed by atoms with Crippen LogP contribution in [0.15, 0.2) is 24.3 Å². The Morgan fingerprint density at radius 1 is 1.00 bits per heavy atom. The van der Waals surface area contributed by atoms with Crippen molar-refractivity contribution >= 4 is 27.7 Å². The van der Waals surface area contributed by atoms with Gasteiger partial charge in [0.05, 0.1) is 5.92 Å². The van der Waals surface area contributed by atoms with Crippen molar-refractivity contribution in [3.63, 3.8) is 0 Å². The predicted octanol–water partition coefficient (Wildman–Crippen LogP) is 2.79. The lowest BCUT2D eigenvalue weighted by atomic mass is 9.99. The molecule has 1 aromatic carbocycles. The topological polar surface area (TPSA) is 69.7 Å². The van der Waals surface area contributed by atoms with Gasteiger partial charge in [-0.25, -0.2) is 0 Å². The lowest BCUT2D eigenvalue weighted by Gasteiger charge is -2.34. The first-order chi connectivity index (χ1) is 13.0. The van der Waals surface area contributed by atoms with Gasteiger partial charge >= 0.3 is 0 Å². The fourth-order valence-corrected chi connectivity index (χ4v) is 5.64. The van der Waals surface area contributed by atoms with E-state index in [0.29, 0.717) is 37.6 Å². The molecule has 0 aliphatic carbocycles. The number of hydrogen-bond acceptors (Lipinski definition) is 3. The number of nitrogens with one attached hydrogen (secondary N) is 1. The lowest BCUT2D eigenvalue weighted by Crippen LogP contribution is -2.50. The molecule has 1 atom stereocenters. The van der Waals surface area contributed by atoms with Crippen LogP contribution in [0.2, 0.25) is 5.02 Å². The summed E-state index contributed by atoms with van der Waals surface area (Å²) >= 11 is 5.88. The third-order valence-corrected chi connectivity index (χ3v) is 7.61. The van der Waals surface area contributed by atoms with Gasteiger partial charge in [0.1, 0.15) is 0 Å². The molecule has 2 aliphatic rings. The minimum Gasteiger partial charge on any atom is -0.352 e. The minimum atomic E-state index is -3.47. The first kappa shape index (κ1) is 20.6. The molecule has 0 unspecified atom stereocenters. The van der Waals surface area contributed by atoms with Crippen LogP contribution in [0.25, 0.3) is 0 Å². The maximum atomic E-state index is 13.0. The predicted molar refractivity (Wildman–Crippen MR) is 107 cm³/mol. The highest BCUT2D eigenvalue weighted by atomic mass is 35.5. The molecule has 2 saturated heterocycles. The van der Waals surface area contributed by atoms with Gasteiger partial charge in [-0.2, -0.15) is 17.0 Å². The van der Waals surface area contributed by atoms with Crippen molar-refractivity contribution in [1.29, 1.82) is 0 Å². The number of carbonyl (C=O) groups is 1. The van der Waals surface area contributed by atoms with Gasteiger partial charge < -0.3 is 5.32 Å². The number of nitrogens with zero attached hydrogens (tertiary/aromatic N) is 2. The van der Waals surface area contributed by atoms with E-state index < -0.39 is 10.2 Å². The van der Waals surface area contributed by atoms with E-state index in [2.05, 4.69) is 5.32 Å². The summed E-state index contributed by atoms with van der Waals surface area (Å²) in [4.78, 5) is 12.6. The second-order valence-electron chi connectivity index (χ2n) is 7.36. The van der Waals surface area contributed by atoms with E-state index in [9.17, 15) is 13.2 Å². The van der Waals surface area contributed by atoms with Crippen LogP contribution in [0, 0.1) is 5.92 Å². The van der Waals surface area contributed by atoms with Gasteiger partial charge in [0.25, 0.3) is 10.2 Å². The van der Waals surface area contributed by atoms with Crippen LogP contribution in [0.4, 0.5) is 0 Å². The highest BCUT2D eigenvalue weighted by Gasteiger charge is 2.35. The zero-order valence-electron chi connectivity index (χ0n) is 15.6. The molecule has 1 N–H and O–H groups in total. The van der Waals surface area contributed by atoms with E-state index in [1.165, 1.54) is 4.31 Å². The number of piperidine rings is 1. The highest BCUT2D eigenvalue weighted by Crippen LogP contribution is 2.23. The zero-order valence-corrected chi connectivity index (χ0v) is 17.1. The van der Waals surface area contributed by atoms with Gasteiger partial charge in [0, 0.05) is 37.7 Å². The Kier molecular flexibility index (Phi) is 7.14. The molecule has 27 heavy (non-hydrogen) atoms. The maximum Gasteiger partial charge on any atom is 0.281 e. The minimum absolute atomic E-state index is 0.0827. The van der Waals surface area contributed by atoms with Crippen molar-refractivity contribution < 1.29 is 13.2 Å². The van der Waals surface area contributed by atoms with E-state index in [-0.39, 0.29) is 18.4 Å². The molecular weight excluding hydrogens is 386 g/mol. The SMILES string of the molecule is O=C(NCc1ccc(Cl)cc1)[C@@H]1CCCN(S(=O)(=O)N2CCCCCC2)C1. The van der Waals surface area contributed by atoms with Crippen LogP contribution >= 0.6 is 11.6 Å². The van der Waals surface area contributed by atoms with Crippen molar-refractivity contribution in [2.45, 2.75) is 45.1 Å². The van der Waals surface area contributed by atoms with Gasteiger partial charge in [-0.3, -0.25) is 4.79 Å². The van der Waals surface area contributed by atoms with Crippen LogP contribution in [0.3, 0.4) is 0 Å². The molecule has 2 aliphatic heterocycles. The first-order valence-electron chi connectivity index (χ1n) is 9.74. The van der Waals surface area contributed by atoms with E-state index in [1.807, 2.05) is 12.1 Å². The standard InChI is InChI=1S/C19H28ClN3O3S/c20-18-9-7-16(8-10-18)14-21-19(24)17-6-5-13-23(15-17)27(25,26)22-11-3-1-2-4-12-22/h7-10,17H,1-6,11-15H2,(H,21,24)/t17-/m1/s1. The Morgan fingerprint density at radius 2 is 1.63 bits per heavy atom. The van der Waals surface area contributed by atoms with Gasteiger partial charge in [0.2, 0.25) is 5.91 Å². The molecule has 0 aromatic heterocycles. The van der Waals surface area contributed by atoms with E-state index in [1.54, 1.807) is 16.4 Å². The molecule has 0 bridgehead atoms. The van der Waals surface area contributed by atoms with Crippen LogP contribution < -0.4 is 5.32 Å². The summed E-state index contributed by atoms with van der Waals surface area (Å²) in [7, 11) is -3.47. The molecule has 0 saturated carbocycles. The number of hydrogen-bond donors (Lipinski definition) is 1. The van der Waals surface area contributed by atoms with Crippen molar-refractivity contribution in [3.05, 3.63) is 34.9 Å². The monoisotopic (exact) mass is 413 g/mol. The van der Waals surface area contributed by atoms with E-state index in [0.717, 1.165) is 37.7 Å². The van der Waals surface area contributed by atoms with Gasteiger partial charge in [-0.05, 0) is 43.4 Å². The highest BCUT2D eigenvalue weighted by molar-refractivity contribution is 7.86. The van der Waals surface area contributed by atoms with Gasteiger partial charge in [-0.1, -0.05) is 36.6 Å². The van der Waals surface area contributed by atoms with Crippen LogP contribution in [0.5, 0.6) is 0 Å². The summed E-state index contributed by atoms with van der Waals surface area (Å²) in [5.41, 5.74) is 0.970. The maximum absolute atomic E-state index is 13.0. The smallest absolute Gasteiger partial charge is 0.281 e. The summed E-state index contributed by atoms with van der Waals surface area (Å²) in [6.07, 6.45) is 5.43. The van der Waals surface area contributed by atoms with E-state index in [4.69, 9.17) is 11.6 Å². The van der Waals surface area contributed by atoms with Crippen molar-refractivity contribution in [2.75, 3.05) is 26.2 Å². The normalized spacial score (nSPS) is 22.9. The summed E-state index contributed by atoms with van der Waals surface area (Å²) in [6.45, 7) is 2.37. The molecular formula is C19H28ClN3O3S. The quantitative estimate of drug-likeness (QED) is 0.806. The summed E-state index contributed by atoms with van der Waals surface area (Å²) in [5.74, 6) is -0.381. The number of amides is 1. The zero-order chi connectivity index (χ0) is 19.3. The van der Waals surface area contributed by atoms with Crippen LogP contribution in [0.1, 0.15) is 44.1 Å². The van der Waals surface area contributed by atoms with Gasteiger partial charge in [0.15, 0.2) is 0 Å². The van der Waals surface area contributed by atoms with Crippen molar-refractivity contribution in [1.82, 2.24) is 13.9 Å². The average Bonchev–Trinajstić information content (AvgIpc) is 2.97. The molecule has 6 nitrogen and oxygen atoms in total. The summed E-state index contributed by atoms with van der Waals surface area (Å²) < 4.78 is 29.1. The number of halogens is 1. The molecule has 8 heteroatoms. The largest absolute Gasteiger partial charge is 0.352 e. The number of carbonyl (C=O) groups excluding carboxylic acids is 1. The Morgan fingerprint density at radius 3 is 2.30 bits per heavy atom. The molecule has 1 aromatic rings. The molecule has 2 fully saturated rings. The lowest BCUT2D eigenvalue weighted by molar-refractivity contribution is -0.126. The molecule has 3 rings (SSSR count). The van der Waals surface area contributed by atoms with E-state index >= 15 is 0 Å². The third-order valence-electron chi connectivity index (χ3n) is 5.35. The molecule has 1 amide bonds. The molecule has 0 spiro atoms. The number of rotatable bonds is 5. The van der Waals surface area contributed by atoms with Crippen molar-refractivity contribution in [3.8, 4) is 0 Å². The van der Waals surface area contributed by atoms with Crippen LogP contribution in [-0.4, -0.2) is 49.1 Å². The Labute approximate surface area is 167 Å². The third kappa shape index (κ3) is 5.44. The Balaban J connectivity index is 1.57. The Hall–Kier alpha value is -1.15. The molecule has 2 heterocycles. The molecule has 0 radical (unpaired) electrons. The average molecular weight is 414 g/mol. The van der Waals surface area contributed by atoms with Crippen LogP contribution in [-0.2, 0) is 21.5 Å². The fraction of sp³-hybridized carbons (Fsp3) is 0.632.